The molecule has 0 unspecified atom stereocenters. The molecule has 0 fully saturated rings. The minimum absolute atomic E-state index is 0.198. The average molecular weight is 641 g/mol. The summed E-state index contributed by atoms with van der Waals surface area (Å²) in [6.07, 6.45) is 1.61. The van der Waals surface area contributed by atoms with Crippen LogP contribution in [0, 0.1) is 6.92 Å². The van der Waals surface area contributed by atoms with Crippen molar-refractivity contribution < 1.29 is 14.2 Å². The number of aryl methyl sites for hydroxylation is 1. The van der Waals surface area contributed by atoms with Crippen LogP contribution in [0.5, 0.6) is 17.2 Å². The van der Waals surface area contributed by atoms with Gasteiger partial charge in [0, 0.05) is 15.6 Å². The molecular formula is C35H34BrN3O4. The first-order valence-corrected chi connectivity index (χ1v) is 15.0. The molecule has 5 rings (SSSR count). The Morgan fingerprint density at radius 2 is 1.72 bits per heavy atom. The molecule has 220 valence electrons. The van der Waals surface area contributed by atoms with Crippen LogP contribution in [0.15, 0.2) is 93.2 Å². The minimum Gasteiger partial charge on any atom is -0.494 e. The zero-order valence-electron chi connectivity index (χ0n) is 24.9. The van der Waals surface area contributed by atoms with Crippen molar-refractivity contribution in [3.8, 4) is 28.6 Å². The Kier molecular flexibility index (Phi) is 9.26. The smallest absolute Gasteiger partial charge is 0.282 e. The van der Waals surface area contributed by atoms with Crippen LogP contribution in [-0.4, -0.2) is 29.6 Å². The van der Waals surface area contributed by atoms with Gasteiger partial charge in [-0.25, -0.2) is 4.98 Å². The Balaban J connectivity index is 1.68. The van der Waals surface area contributed by atoms with Crippen LogP contribution in [0.4, 0.5) is 0 Å². The van der Waals surface area contributed by atoms with E-state index in [0.29, 0.717) is 47.0 Å². The standard InChI is InChI=1S/C35H34BrN3O4/c1-6-42-31-16-23(4)29(19-28(31)22(2)3)34-38-30-15-11-10-14-27(30)35(40)39(34)37-20-25-17-26(36)18-32(41-5)33(25)43-21-24-12-8-7-9-13-24/h7-20,22H,6,21H2,1-5H3. The molecule has 0 atom stereocenters. The van der Waals surface area contributed by atoms with E-state index in [1.54, 1.807) is 19.4 Å². The second kappa shape index (κ2) is 13.3. The van der Waals surface area contributed by atoms with E-state index >= 15 is 0 Å². The number of halogens is 1. The second-order valence-corrected chi connectivity index (χ2v) is 11.3. The van der Waals surface area contributed by atoms with E-state index in [0.717, 1.165) is 32.5 Å². The summed E-state index contributed by atoms with van der Waals surface area (Å²) in [6.45, 7) is 9.10. The first-order chi connectivity index (χ1) is 20.8. The van der Waals surface area contributed by atoms with Crippen molar-refractivity contribution in [2.45, 2.75) is 40.2 Å². The van der Waals surface area contributed by atoms with Crippen LogP contribution in [-0.2, 0) is 6.61 Å². The Hall–Kier alpha value is -4.43. The van der Waals surface area contributed by atoms with Crippen molar-refractivity contribution in [1.29, 1.82) is 0 Å². The van der Waals surface area contributed by atoms with Gasteiger partial charge in [-0.15, -0.1) is 0 Å². The molecular weight excluding hydrogens is 606 g/mol. The number of ether oxygens (including phenoxy) is 3. The third-order valence-electron chi connectivity index (χ3n) is 7.08. The number of benzene rings is 4. The molecule has 5 aromatic rings. The van der Waals surface area contributed by atoms with Crippen LogP contribution < -0.4 is 19.8 Å². The summed E-state index contributed by atoms with van der Waals surface area (Å²) in [7, 11) is 1.59. The lowest BCUT2D eigenvalue weighted by molar-refractivity contribution is 0.284. The molecule has 0 N–H and O–H groups in total. The van der Waals surface area contributed by atoms with Crippen molar-refractivity contribution in [3.05, 3.63) is 116 Å². The zero-order valence-corrected chi connectivity index (χ0v) is 26.5. The summed E-state index contributed by atoms with van der Waals surface area (Å²) < 4.78 is 20.0. The Bertz CT molecular complexity index is 1850. The Labute approximate surface area is 259 Å². The fraction of sp³-hybridized carbons (Fsp3) is 0.229. The Morgan fingerprint density at radius 3 is 2.44 bits per heavy atom. The monoisotopic (exact) mass is 639 g/mol. The molecule has 0 radical (unpaired) electrons. The molecule has 0 saturated heterocycles. The van der Waals surface area contributed by atoms with Crippen LogP contribution in [0.2, 0.25) is 0 Å². The molecule has 0 aliphatic rings. The van der Waals surface area contributed by atoms with E-state index in [2.05, 4.69) is 35.8 Å². The number of nitrogens with zero attached hydrogens (tertiary/aromatic N) is 3. The van der Waals surface area contributed by atoms with Crippen molar-refractivity contribution in [3.63, 3.8) is 0 Å². The molecule has 1 aromatic heterocycles. The predicted octanol–water partition coefficient (Wildman–Crippen LogP) is 8.13. The number of hydrogen-bond donors (Lipinski definition) is 0. The van der Waals surface area contributed by atoms with Gasteiger partial charge in [0.25, 0.3) is 5.56 Å². The van der Waals surface area contributed by atoms with Gasteiger partial charge >= 0.3 is 0 Å². The first kappa shape index (κ1) is 30.0. The van der Waals surface area contributed by atoms with Gasteiger partial charge in [0.15, 0.2) is 17.3 Å². The number of methoxy groups -OCH3 is 1. The summed E-state index contributed by atoms with van der Waals surface area (Å²) in [5, 5.41) is 5.21. The molecule has 0 saturated carbocycles. The zero-order chi connectivity index (χ0) is 30.5. The van der Waals surface area contributed by atoms with Gasteiger partial charge < -0.3 is 14.2 Å². The van der Waals surface area contributed by atoms with E-state index in [4.69, 9.17) is 24.3 Å². The predicted molar refractivity (Wildman–Crippen MR) is 176 cm³/mol. The minimum atomic E-state index is -0.273. The van der Waals surface area contributed by atoms with Gasteiger partial charge in [-0.3, -0.25) is 4.79 Å². The Morgan fingerprint density at radius 1 is 0.977 bits per heavy atom. The highest BCUT2D eigenvalue weighted by atomic mass is 79.9. The normalized spacial score (nSPS) is 11.4. The highest BCUT2D eigenvalue weighted by Gasteiger charge is 2.19. The summed E-state index contributed by atoms with van der Waals surface area (Å²) in [5.74, 6) is 2.53. The number of rotatable bonds is 10. The lowest BCUT2D eigenvalue weighted by Gasteiger charge is -2.18. The number of para-hydroxylation sites is 1. The fourth-order valence-electron chi connectivity index (χ4n) is 4.92. The van der Waals surface area contributed by atoms with Crippen LogP contribution in [0.25, 0.3) is 22.3 Å². The second-order valence-electron chi connectivity index (χ2n) is 10.4. The molecule has 4 aromatic carbocycles. The lowest BCUT2D eigenvalue weighted by atomic mass is 9.96. The lowest BCUT2D eigenvalue weighted by Crippen LogP contribution is -2.21. The maximum absolute atomic E-state index is 13.9. The number of fused-ring (bicyclic) bond motifs is 1. The molecule has 0 aliphatic heterocycles. The fourth-order valence-corrected chi connectivity index (χ4v) is 5.37. The average Bonchev–Trinajstić information content (AvgIpc) is 3.00. The van der Waals surface area contributed by atoms with Gasteiger partial charge in [-0.1, -0.05) is 72.2 Å². The highest BCUT2D eigenvalue weighted by Crippen LogP contribution is 2.36. The third kappa shape index (κ3) is 6.49. The molecule has 7 nitrogen and oxygen atoms in total. The quantitative estimate of drug-likeness (QED) is 0.144. The summed E-state index contributed by atoms with van der Waals surface area (Å²) in [6, 6.07) is 25.0. The van der Waals surface area contributed by atoms with Crippen LogP contribution in [0.3, 0.4) is 0 Å². The van der Waals surface area contributed by atoms with E-state index in [1.165, 1.54) is 4.68 Å². The SMILES string of the molecule is CCOc1cc(C)c(-c2nc3ccccc3c(=O)n2N=Cc2cc(Br)cc(OC)c2OCc2ccccc2)cc1C(C)C. The van der Waals surface area contributed by atoms with Crippen molar-refractivity contribution in [2.75, 3.05) is 13.7 Å². The third-order valence-corrected chi connectivity index (χ3v) is 7.54. The molecule has 0 amide bonds. The largest absolute Gasteiger partial charge is 0.494 e. The van der Waals surface area contributed by atoms with E-state index in [1.807, 2.05) is 80.6 Å². The summed E-state index contributed by atoms with van der Waals surface area (Å²) in [5.41, 5.74) is 4.75. The molecule has 43 heavy (non-hydrogen) atoms. The van der Waals surface area contributed by atoms with Gasteiger partial charge in [0.05, 0.1) is 30.8 Å². The topological polar surface area (TPSA) is 74.9 Å². The highest BCUT2D eigenvalue weighted by molar-refractivity contribution is 9.10. The molecule has 0 bridgehead atoms. The van der Waals surface area contributed by atoms with Crippen molar-refractivity contribution in [2.24, 2.45) is 5.10 Å². The summed E-state index contributed by atoms with van der Waals surface area (Å²) in [4.78, 5) is 18.9. The van der Waals surface area contributed by atoms with Crippen molar-refractivity contribution in [1.82, 2.24) is 9.66 Å². The molecule has 0 spiro atoms. The maximum Gasteiger partial charge on any atom is 0.282 e. The van der Waals surface area contributed by atoms with Gasteiger partial charge in [-0.2, -0.15) is 9.78 Å². The summed E-state index contributed by atoms with van der Waals surface area (Å²) >= 11 is 3.57. The van der Waals surface area contributed by atoms with Crippen LogP contribution >= 0.6 is 15.9 Å². The molecule has 1 heterocycles. The van der Waals surface area contributed by atoms with E-state index in [9.17, 15) is 4.79 Å². The molecule has 0 aliphatic carbocycles. The van der Waals surface area contributed by atoms with Gasteiger partial charge in [-0.05, 0) is 72.9 Å². The van der Waals surface area contributed by atoms with Gasteiger partial charge in [0.1, 0.15) is 12.4 Å². The van der Waals surface area contributed by atoms with E-state index < -0.39 is 0 Å². The van der Waals surface area contributed by atoms with Crippen molar-refractivity contribution >= 4 is 33.0 Å². The first-order valence-electron chi connectivity index (χ1n) is 14.2. The molecule has 8 heteroatoms. The van der Waals surface area contributed by atoms with E-state index in [-0.39, 0.29) is 11.5 Å². The maximum atomic E-state index is 13.9. The van der Waals surface area contributed by atoms with Gasteiger partial charge in [0.2, 0.25) is 0 Å². The van der Waals surface area contributed by atoms with Crippen LogP contribution in [0.1, 0.15) is 48.9 Å². The number of aromatic nitrogens is 2. The number of hydrogen-bond acceptors (Lipinski definition) is 6.